The second kappa shape index (κ2) is 10.4. The maximum absolute atomic E-state index is 16.7. The van der Waals surface area contributed by atoms with Gasteiger partial charge in [-0.05, 0) is 73.7 Å². The molecular formula is C35H36F3N5O3. The largest absolute Gasteiger partial charge is 0.508 e. The third kappa shape index (κ3) is 4.77. The fourth-order valence-corrected chi connectivity index (χ4v) is 8.30. The van der Waals surface area contributed by atoms with E-state index in [-0.39, 0.29) is 50.2 Å². The SMILES string of the molecule is Oc1cc(-c2ccc3c(N4CC5CCC(C4)N5)nc(OCC4(CN5CC6(CCCO6)C5)CC4)nc3c2F)c2c(F)c(F)ccc2c1. The molecule has 4 aliphatic heterocycles. The summed E-state index contributed by atoms with van der Waals surface area (Å²) in [6, 6.07) is 8.99. The predicted molar refractivity (Wildman–Crippen MR) is 168 cm³/mol. The van der Waals surface area contributed by atoms with Crippen LogP contribution in [0.25, 0.3) is 32.8 Å². The Labute approximate surface area is 264 Å². The van der Waals surface area contributed by atoms with Crippen LogP contribution in [-0.2, 0) is 4.74 Å². The molecule has 5 heterocycles. The van der Waals surface area contributed by atoms with Gasteiger partial charge in [0.05, 0.1) is 12.2 Å². The van der Waals surface area contributed by atoms with Gasteiger partial charge in [0, 0.05) is 73.2 Å². The van der Waals surface area contributed by atoms with Crippen LogP contribution in [-0.4, -0.2) is 83.6 Å². The Balaban J connectivity index is 1.08. The molecular weight excluding hydrogens is 595 g/mol. The first-order valence-corrected chi connectivity index (χ1v) is 16.4. The molecule has 1 spiro atoms. The summed E-state index contributed by atoms with van der Waals surface area (Å²) in [6.07, 6.45) is 6.49. The number of ether oxygens (including phenoxy) is 2. The highest BCUT2D eigenvalue weighted by Crippen LogP contribution is 2.49. The van der Waals surface area contributed by atoms with E-state index >= 15 is 8.78 Å². The number of fused-ring (bicyclic) bond motifs is 4. The number of nitrogens with zero attached hydrogens (tertiary/aromatic N) is 4. The fraction of sp³-hybridized carbons (Fsp3) is 0.486. The topological polar surface area (TPSA) is 83.0 Å². The number of hydrogen-bond acceptors (Lipinski definition) is 8. The lowest BCUT2D eigenvalue weighted by atomic mass is 9.89. The minimum absolute atomic E-state index is 0.00777. The summed E-state index contributed by atoms with van der Waals surface area (Å²) in [5, 5.41) is 14.8. The molecule has 1 aliphatic carbocycles. The molecule has 9 rings (SSSR count). The van der Waals surface area contributed by atoms with Crippen molar-refractivity contribution in [2.75, 3.05) is 50.8 Å². The van der Waals surface area contributed by atoms with Gasteiger partial charge < -0.3 is 24.8 Å². The van der Waals surface area contributed by atoms with Crippen LogP contribution in [0.4, 0.5) is 19.0 Å². The summed E-state index contributed by atoms with van der Waals surface area (Å²) in [6.45, 7) is 5.58. The molecule has 3 aromatic carbocycles. The Morgan fingerprint density at radius 1 is 0.957 bits per heavy atom. The van der Waals surface area contributed by atoms with Crippen LogP contribution < -0.4 is 15.0 Å². The van der Waals surface area contributed by atoms with Crippen LogP contribution in [0.5, 0.6) is 11.8 Å². The maximum atomic E-state index is 16.7. The zero-order chi connectivity index (χ0) is 31.2. The molecule has 1 aromatic heterocycles. The lowest BCUT2D eigenvalue weighted by Crippen LogP contribution is -2.62. The monoisotopic (exact) mass is 631 g/mol. The number of phenols is 1. The molecule has 8 nitrogen and oxygen atoms in total. The van der Waals surface area contributed by atoms with Crippen molar-refractivity contribution in [1.29, 1.82) is 0 Å². The van der Waals surface area contributed by atoms with Crippen molar-refractivity contribution in [3.63, 3.8) is 0 Å². The first kappa shape index (κ1) is 28.5. The van der Waals surface area contributed by atoms with Gasteiger partial charge in [-0.1, -0.05) is 12.1 Å². The van der Waals surface area contributed by atoms with Gasteiger partial charge in [0.25, 0.3) is 0 Å². The second-order valence-corrected chi connectivity index (χ2v) is 14.2. The first-order valence-electron chi connectivity index (χ1n) is 16.4. The summed E-state index contributed by atoms with van der Waals surface area (Å²) < 4.78 is 58.5. The van der Waals surface area contributed by atoms with E-state index in [9.17, 15) is 9.50 Å². The molecule has 2 N–H and O–H groups in total. The van der Waals surface area contributed by atoms with Gasteiger partial charge in [-0.25, -0.2) is 13.2 Å². The fourth-order valence-electron chi connectivity index (χ4n) is 8.30. The van der Waals surface area contributed by atoms with E-state index in [4.69, 9.17) is 14.5 Å². The van der Waals surface area contributed by atoms with Crippen LogP contribution in [0.1, 0.15) is 38.5 Å². The number of piperazine rings is 1. The maximum Gasteiger partial charge on any atom is 0.319 e. The van der Waals surface area contributed by atoms with Crippen LogP contribution in [0.15, 0.2) is 36.4 Å². The van der Waals surface area contributed by atoms with Crippen LogP contribution in [0.2, 0.25) is 0 Å². The Bertz CT molecular complexity index is 1860. The predicted octanol–water partition coefficient (Wildman–Crippen LogP) is 5.54. The highest BCUT2D eigenvalue weighted by Gasteiger charge is 2.52. The zero-order valence-corrected chi connectivity index (χ0v) is 25.5. The number of aromatic hydroxyl groups is 1. The van der Waals surface area contributed by atoms with Gasteiger partial charge in [-0.3, -0.25) is 4.90 Å². The van der Waals surface area contributed by atoms with Crippen LogP contribution in [0.3, 0.4) is 0 Å². The molecule has 4 aromatic rings. The highest BCUT2D eigenvalue weighted by molar-refractivity contribution is 6.01. The number of phenolic OH excluding ortho intramolecular Hbond substituents is 1. The standard InChI is InChI=1S/C35H36F3N5O3/c36-27-7-2-20-12-23(44)13-26(28(20)30(27)38)24-5-6-25-31(29(24)37)40-33(41-32(25)43-14-21-3-4-22(15-43)39-21)45-19-34(9-10-34)16-42-17-35(18-42)8-1-11-46-35/h2,5-7,12-13,21-22,39,44H,1,3-4,8-11,14-19H2. The number of anilines is 1. The van der Waals surface area contributed by atoms with Gasteiger partial charge in [0.2, 0.25) is 0 Å². The van der Waals surface area contributed by atoms with Gasteiger partial charge in [0.15, 0.2) is 17.5 Å². The number of likely N-dealkylation sites (tertiary alicyclic amines) is 1. The van der Waals surface area contributed by atoms with Gasteiger partial charge in [-0.2, -0.15) is 9.97 Å². The smallest absolute Gasteiger partial charge is 0.319 e. The normalized spacial score (nSPS) is 24.6. The van der Waals surface area contributed by atoms with Crippen molar-refractivity contribution in [2.24, 2.45) is 5.41 Å². The molecule has 5 aliphatic rings. The van der Waals surface area contributed by atoms with Crippen molar-refractivity contribution < 1.29 is 27.8 Å². The third-order valence-electron chi connectivity index (χ3n) is 10.8. The van der Waals surface area contributed by atoms with Crippen molar-refractivity contribution in [3.8, 4) is 22.9 Å². The van der Waals surface area contributed by atoms with Crippen molar-refractivity contribution >= 4 is 27.5 Å². The van der Waals surface area contributed by atoms with Crippen LogP contribution >= 0.6 is 0 Å². The second-order valence-electron chi connectivity index (χ2n) is 14.2. The lowest BCUT2D eigenvalue weighted by molar-refractivity contribution is -0.117. The number of benzene rings is 3. The minimum atomic E-state index is -1.10. The van der Waals surface area contributed by atoms with Crippen molar-refractivity contribution in [1.82, 2.24) is 20.2 Å². The molecule has 2 unspecified atom stereocenters. The van der Waals surface area contributed by atoms with E-state index in [2.05, 4.69) is 20.1 Å². The number of nitrogens with one attached hydrogen (secondary N) is 1. The average molecular weight is 632 g/mol. The molecule has 5 fully saturated rings. The number of rotatable bonds is 7. The summed E-state index contributed by atoms with van der Waals surface area (Å²) in [7, 11) is 0. The summed E-state index contributed by atoms with van der Waals surface area (Å²) in [5.41, 5.74) is 0.151. The molecule has 46 heavy (non-hydrogen) atoms. The Kier molecular flexibility index (Phi) is 6.46. The van der Waals surface area contributed by atoms with E-state index in [0.29, 0.717) is 29.9 Å². The van der Waals surface area contributed by atoms with Gasteiger partial charge in [-0.15, -0.1) is 0 Å². The number of hydrogen-bond donors (Lipinski definition) is 2. The van der Waals surface area contributed by atoms with Gasteiger partial charge in [0.1, 0.15) is 17.1 Å². The quantitative estimate of drug-likeness (QED) is 0.276. The molecule has 1 saturated carbocycles. The Morgan fingerprint density at radius 2 is 1.76 bits per heavy atom. The molecule has 4 saturated heterocycles. The van der Waals surface area contributed by atoms with Gasteiger partial charge >= 0.3 is 6.01 Å². The summed E-state index contributed by atoms with van der Waals surface area (Å²) in [5.74, 6) is -2.43. The van der Waals surface area contributed by atoms with E-state index in [1.54, 1.807) is 6.07 Å². The van der Waals surface area contributed by atoms with E-state index in [0.717, 1.165) is 83.9 Å². The Morgan fingerprint density at radius 3 is 2.50 bits per heavy atom. The number of halogens is 3. The highest BCUT2D eigenvalue weighted by atomic mass is 19.2. The lowest BCUT2D eigenvalue weighted by Gasteiger charge is -2.48. The van der Waals surface area contributed by atoms with Crippen LogP contribution in [0, 0.1) is 22.9 Å². The number of aromatic nitrogens is 2. The van der Waals surface area contributed by atoms with E-state index in [1.165, 1.54) is 24.3 Å². The first-order chi connectivity index (χ1) is 22.3. The molecule has 2 bridgehead atoms. The molecule has 0 radical (unpaired) electrons. The zero-order valence-electron chi connectivity index (χ0n) is 25.5. The van der Waals surface area contributed by atoms with Crippen molar-refractivity contribution in [3.05, 3.63) is 53.8 Å². The molecule has 2 atom stereocenters. The van der Waals surface area contributed by atoms with Crippen molar-refractivity contribution in [2.45, 2.75) is 56.2 Å². The van der Waals surface area contributed by atoms with E-state index in [1.807, 2.05) is 0 Å². The minimum Gasteiger partial charge on any atom is -0.508 e. The molecule has 0 amide bonds. The average Bonchev–Trinajstić information content (AvgIpc) is 3.46. The molecule has 11 heteroatoms. The van der Waals surface area contributed by atoms with E-state index < -0.39 is 17.5 Å². The summed E-state index contributed by atoms with van der Waals surface area (Å²) in [4.78, 5) is 14.1. The summed E-state index contributed by atoms with van der Waals surface area (Å²) >= 11 is 0. The Hall–Kier alpha value is -3.67. The third-order valence-corrected chi connectivity index (χ3v) is 10.8. The molecule has 240 valence electrons.